The Hall–Kier alpha value is -2.68. The second-order valence-corrected chi connectivity index (χ2v) is 5.61. The van der Waals surface area contributed by atoms with Crippen LogP contribution in [0.1, 0.15) is 25.0 Å². The summed E-state index contributed by atoms with van der Waals surface area (Å²) in [4.78, 5) is 0. The zero-order valence-electron chi connectivity index (χ0n) is 14.4. The molecule has 3 heteroatoms. The third-order valence-corrected chi connectivity index (χ3v) is 4.14. The van der Waals surface area contributed by atoms with Crippen molar-refractivity contribution in [2.45, 2.75) is 26.7 Å². The minimum absolute atomic E-state index is 0.271. The van der Waals surface area contributed by atoms with Gasteiger partial charge in [-0.3, -0.25) is 0 Å². The lowest BCUT2D eigenvalue weighted by atomic mass is 9.93. The molecule has 0 aliphatic heterocycles. The molecule has 4 rings (SSSR count). The fraction of sp³-hybridized carbons (Fsp3) is 0.182. The summed E-state index contributed by atoms with van der Waals surface area (Å²) in [6, 6.07) is 12.6. The molecule has 0 bridgehead atoms. The lowest BCUT2D eigenvalue weighted by Crippen LogP contribution is -1.96. The monoisotopic (exact) mass is 338 g/mol. The van der Waals surface area contributed by atoms with E-state index in [1.54, 1.807) is 24.3 Å². The standard InChI is InChI=1S/C20H14F2O.C2H6/c21-15-9-5-13(6-10-15)19-17-3-1-2-4-18(17)20(23-19)14-7-11-16(22)12-8-14;1-2/h1-2,5-12H,3-4H2;1-2H3. The van der Waals surface area contributed by atoms with Gasteiger partial charge in [-0.15, -0.1) is 0 Å². The Morgan fingerprint density at radius 3 is 1.36 bits per heavy atom. The zero-order valence-corrected chi connectivity index (χ0v) is 14.4. The predicted molar refractivity (Wildman–Crippen MR) is 97.4 cm³/mol. The van der Waals surface area contributed by atoms with Gasteiger partial charge in [0, 0.05) is 22.3 Å². The first-order valence-corrected chi connectivity index (χ1v) is 8.54. The smallest absolute Gasteiger partial charge is 0.138 e. The van der Waals surface area contributed by atoms with Crippen LogP contribution in [0.3, 0.4) is 0 Å². The van der Waals surface area contributed by atoms with Gasteiger partial charge in [0.2, 0.25) is 0 Å². The first-order chi connectivity index (χ1) is 12.2. The van der Waals surface area contributed by atoms with E-state index in [-0.39, 0.29) is 11.6 Å². The molecule has 3 aromatic rings. The van der Waals surface area contributed by atoms with Crippen LogP contribution in [0.25, 0.3) is 22.6 Å². The molecule has 0 spiro atoms. The van der Waals surface area contributed by atoms with Gasteiger partial charge < -0.3 is 4.42 Å². The summed E-state index contributed by atoms with van der Waals surface area (Å²) in [5, 5.41) is 0. The maximum absolute atomic E-state index is 13.2. The van der Waals surface area contributed by atoms with E-state index in [1.807, 2.05) is 13.8 Å². The van der Waals surface area contributed by atoms with E-state index in [0.717, 1.165) is 46.6 Å². The van der Waals surface area contributed by atoms with Crippen LogP contribution >= 0.6 is 0 Å². The average Bonchev–Trinajstić information content (AvgIpc) is 3.04. The molecular formula is C22H20F2O. The van der Waals surface area contributed by atoms with E-state index in [4.69, 9.17) is 4.42 Å². The summed E-state index contributed by atoms with van der Waals surface area (Å²) in [6.07, 6.45) is 5.79. The highest BCUT2D eigenvalue weighted by atomic mass is 19.1. The molecule has 0 fully saturated rings. The maximum Gasteiger partial charge on any atom is 0.138 e. The molecule has 0 saturated heterocycles. The second-order valence-electron chi connectivity index (χ2n) is 5.61. The summed E-state index contributed by atoms with van der Waals surface area (Å²) < 4.78 is 32.5. The Kier molecular flexibility index (Phi) is 5.13. The molecule has 1 heterocycles. The van der Waals surface area contributed by atoms with Gasteiger partial charge in [0.1, 0.15) is 23.2 Å². The molecule has 1 nitrogen and oxygen atoms in total. The van der Waals surface area contributed by atoms with Crippen molar-refractivity contribution >= 4 is 0 Å². The van der Waals surface area contributed by atoms with Gasteiger partial charge in [-0.1, -0.05) is 26.0 Å². The van der Waals surface area contributed by atoms with Crippen LogP contribution in [0.5, 0.6) is 0 Å². The van der Waals surface area contributed by atoms with Crippen molar-refractivity contribution in [3.63, 3.8) is 0 Å². The highest BCUT2D eigenvalue weighted by Gasteiger charge is 2.22. The van der Waals surface area contributed by atoms with E-state index in [1.165, 1.54) is 24.3 Å². The van der Waals surface area contributed by atoms with Gasteiger partial charge in [-0.2, -0.15) is 0 Å². The van der Waals surface area contributed by atoms with Crippen LogP contribution in [-0.4, -0.2) is 0 Å². The lowest BCUT2D eigenvalue weighted by molar-refractivity contribution is 0.591. The third kappa shape index (κ3) is 3.41. The Morgan fingerprint density at radius 1 is 0.640 bits per heavy atom. The number of allylic oxidation sites excluding steroid dienone is 2. The molecule has 25 heavy (non-hydrogen) atoms. The summed E-state index contributed by atoms with van der Waals surface area (Å²) in [5.41, 5.74) is 3.95. The summed E-state index contributed by atoms with van der Waals surface area (Å²) >= 11 is 0. The van der Waals surface area contributed by atoms with Crippen molar-refractivity contribution in [2.24, 2.45) is 0 Å². The summed E-state index contributed by atoms with van der Waals surface area (Å²) in [5.74, 6) is 0.994. The van der Waals surface area contributed by atoms with Gasteiger partial charge in [0.25, 0.3) is 0 Å². The fourth-order valence-corrected chi connectivity index (χ4v) is 3.00. The van der Waals surface area contributed by atoms with Gasteiger partial charge in [0.05, 0.1) is 0 Å². The van der Waals surface area contributed by atoms with Crippen molar-refractivity contribution < 1.29 is 13.2 Å². The minimum Gasteiger partial charge on any atom is -0.455 e. The van der Waals surface area contributed by atoms with Gasteiger partial charge in [-0.05, 0) is 61.4 Å². The number of benzene rings is 2. The first kappa shape index (κ1) is 17.2. The van der Waals surface area contributed by atoms with Crippen molar-refractivity contribution in [3.8, 4) is 22.6 Å². The number of hydrogen-bond donors (Lipinski definition) is 0. The average molecular weight is 338 g/mol. The molecule has 0 N–H and O–H groups in total. The van der Waals surface area contributed by atoms with Gasteiger partial charge in [0.15, 0.2) is 0 Å². The Bertz CT molecular complexity index is 800. The minimum atomic E-state index is -0.271. The molecule has 2 aromatic carbocycles. The quantitative estimate of drug-likeness (QED) is 0.481. The highest BCUT2D eigenvalue weighted by molar-refractivity contribution is 5.73. The van der Waals surface area contributed by atoms with Crippen LogP contribution in [0.2, 0.25) is 0 Å². The van der Waals surface area contributed by atoms with Gasteiger partial charge >= 0.3 is 0 Å². The summed E-state index contributed by atoms with van der Waals surface area (Å²) in [6.45, 7) is 4.00. The molecule has 1 aliphatic carbocycles. The molecule has 0 saturated carbocycles. The van der Waals surface area contributed by atoms with Crippen LogP contribution in [0, 0.1) is 11.6 Å². The molecule has 0 atom stereocenters. The second kappa shape index (κ2) is 7.47. The normalized spacial score (nSPS) is 12.3. The Morgan fingerprint density at radius 2 is 1.00 bits per heavy atom. The van der Waals surface area contributed by atoms with Crippen LogP contribution in [0.4, 0.5) is 8.78 Å². The van der Waals surface area contributed by atoms with Crippen molar-refractivity contribution in [3.05, 3.63) is 83.4 Å². The number of halogens is 2. The van der Waals surface area contributed by atoms with E-state index in [0.29, 0.717) is 0 Å². The number of hydrogen-bond acceptors (Lipinski definition) is 1. The van der Waals surface area contributed by atoms with Crippen LogP contribution in [-0.2, 0) is 12.8 Å². The maximum atomic E-state index is 13.2. The molecule has 1 aromatic heterocycles. The Labute approximate surface area is 146 Å². The summed E-state index contributed by atoms with van der Waals surface area (Å²) in [7, 11) is 0. The molecule has 0 amide bonds. The van der Waals surface area contributed by atoms with E-state index < -0.39 is 0 Å². The molecular weight excluding hydrogens is 318 g/mol. The molecule has 1 aliphatic rings. The first-order valence-electron chi connectivity index (χ1n) is 8.54. The van der Waals surface area contributed by atoms with Crippen molar-refractivity contribution in [1.82, 2.24) is 0 Å². The van der Waals surface area contributed by atoms with Crippen LogP contribution < -0.4 is 0 Å². The number of furan rings is 1. The van der Waals surface area contributed by atoms with E-state index in [2.05, 4.69) is 12.2 Å². The largest absolute Gasteiger partial charge is 0.455 e. The van der Waals surface area contributed by atoms with Crippen molar-refractivity contribution in [2.75, 3.05) is 0 Å². The number of fused-ring (bicyclic) bond motifs is 1. The zero-order chi connectivity index (χ0) is 17.8. The van der Waals surface area contributed by atoms with E-state index in [9.17, 15) is 8.78 Å². The van der Waals surface area contributed by atoms with Gasteiger partial charge in [-0.25, -0.2) is 8.78 Å². The SMILES string of the molecule is CC.Fc1ccc(-c2oc(-c3ccc(F)cc3)c3c2CC=CC3)cc1. The Balaban J connectivity index is 0.000000880. The van der Waals surface area contributed by atoms with E-state index >= 15 is 0 Å². The molecule has 128 valence electrons. The number of rotatable bonds is 2. The topological polar surface area (TPSA) is 13.1 Å². The van der Waals surface area contributed by atoms with Crippen LogP contribution in [0.15, 0.2) is 65.1 Å². The van der Waals surface area contributed by atoms with Crippen molar-refractivity contribution in [1.29, 1.82) is 0 Å². The lowest BCUT2D eigenvalue weighted by Gasteiger charge is -2.07. The molecule has 0 radical (unpaired) electrons. The third-order valence-electron chi connectivity index (χ3n) is 4.14. The fourth-order valence-electron chi connectivity index (χ4n) is 3.00. The predicted octanol–water partition coefficient (Wildman–Crippen LogP) is 6.57. The highest BCUT2D eigenvalue weighted by Crippen LogP contribution is 2.39. The molecule has 0 unspecified atom stereocenters.